The Balaban J connectivity index is 0.00000240. The fraction of sp³-hybridized carbons (Fsp3) is 0.192. The fourth-order valence-corrected chi connectivity index (χ4v) is 30.5. The van der Waals surface area contributed by atoms with Gasteiger partial charge in [-0.3, -0.25) is 0 Å². The molecular weight excluding hydrogens is 815 g/mol. The van der Waals surface area contributed by atoms with Crippen molar-refractivity contribution in [3.8, 4) is 22.3 Å². The first-order valence-electron chi connectivity index (χ1n) is 19.8. The van der Waals surface area contributed by atoms with E-state index in [-0.39, 0.29) is 24.8 Å². The summed E-state index contributed by atoms with van der Waals surface area (Å²) in [7, 11) is 0. The molecule has 0 nitrogen and oxygen atoms in total. The zero-order valence-electron chi connectivity index (χ0n) is 33.2. The summed E-state index contributed by atoms with van der Waals surface area (Å²) in [6.07, 6.45) is 7.45. The Labute approximate surface area is 348 Å². The summed E-state index contributed by atoms with van der Waals surface area (Å²) in [5.41, 5.74) is 17.7. The molecule has 0 bridgehead atoms. The van der Waals surface area contributed by atoms with Crippen LogP contribution in [0.4, 0.5) is 0 Å². The zero-order chi connectivity index (χ0) is 37.2. The van der Waals surface area contributed by atoms with Crippen molar-refractivity contribution in [1.29, 1.82) is 0 Å². The van der Waals surface area contributed by atoms with Crippen LogP contribution in [0.3, 0.4) is 0 Å². The average molecular weight is 867 g/mol. The van der Waals surface area contributed by atoms with Crippen LogP contribution in [-0.4, -0.2) is 6.88 Å². The SMILES string of the molecule is Cc1ccc(-c2cccc3ccccc23)c2c1[CH]([Zr]([CH3])([CH3])(=[SiH2])[CH]1C(C(C)C)=Cc3c(-c4cccc5ccccc45)cccc31)C(CCc1ccccc1)=C2.Cl.Cl. The molecular formula is C52H52Cl2SiZr. The first-order valence-corrected chi connectivity index (χ1v) is 33.5. The van der Waals surface area contributed by atoms with Crippen LogP contribution in [0.1, 0.15) is 60.9 Å². The van der Waals surface area contributed by atoms with Gasteiger partial charge >= 0.3 is 326 Å². The molecule has 0 aliphatic heterocycles. The molecule has 56 heavy (non-hydrogen) atoms. The molecule has 4 heteroatoms. The van der Waals surface area contributed by atoms with Crippen molar-refractivity contribution in [2.45, 2.75) is 50.1 Å². The third-order valence-corrected chi connectivity index (χ3v) is 30.2. The van der Waals surface area contributed by atoms with Crippen LogP contribution in [-0.2, 0) is 23.8 Å². The standard InChI is InChI=1S/C28H23.C22H19.2CH3.2ClH.H2Si.Zr/c1-20-14-17-26(25-13-7-11-23-10-5-6-12-24(23)25)28-19-22(18-27(20)28)16-15-21-8-3-2-4-9-21;1-15(2)18-13-17-9-6-12-21(22(17)14-18)20-11-5-8-16-7-3-4-10-19(16)20;;;;;;/h2-14,17-19H,15-16H2,1H3;3-15H,1-2H3;2*1H3;2*1H;1H2;. The van der Waals surface area contributed by atoms with E-state index in [1.807, 2.05) is 0 Å². The van der Waals surface area contributed by atoms with E-state index in [1.54, 1.807) is 22.3 Å². The van der Waals surface area contributed by atoms with E-state index >= 15 is 0 Å². The second kappa shape index (κ2) is 15.5. The minimum Gasteiger partial charge on any atom is -0.147 e. The fourth-order valence-electron chi connectivity index (χ4n) is 10.5. The maximum absolute atomic E-state index is 3.96. The molecule has 7 aromatic carbocycles. The van der Waals surface area contributed by atoms with Crippen LogP contribution in [0.15, 0.2) is 157 Å². The van der Waals surface area contributed by atoms with E-state index in [4.69, 9.17) is 0 Å². The van der Waals surface area contributed by atoms with Crippen molar-refractivity contribution >= 4 is 65.4 Å². The summed E-state index contributed by atoms with van der Waals surface area (Å²) in [5.74, 6) is 0.459. The first kappa shape index (κ1) is 40.4. The molecule has 0 radical (unpaired) electrons. The molecule has 7 aromatic rings. The van der Waals surface area contributed by atoms with E-state index in [2.05, 4.69) is 195 Å². The molecule has 0 spiro atoms. The maximum Gasteiger partial charge on any atom is -0.147 e. The van der Waals surface area contributed by atoms with Crippen LogP contribution in [0.5, 0.6) is 0 Å². The number of rotatable bonds is 8. The molecule has 2 aliphatic carbocycles. The van der Waals surface area contributed by atoms with Crippen LogP contribution in [0.2, 0.25) is 9.26 Å². The van der Waals surface area contributed by atoms with Crippen molar-refractivity contribution in [2.75, 3.05) is 0 Å². The van der Waals surface area contributed by atoms with Crippen LogP contribution in [0, 0.1) is 12.8 Å². The second-order valence-electron chi connectivity index (χ2n) is 17.4. The molecule has 0 saturated heterocycles. The molecule has 2 aliphatic rings. The molecule has 0 amide bonds. The first-order chi connectivity index (χ1) is 26.1. The van der Waals surface area contributed by atoms with Crippen LogP contribution in [0.25, 0.3) is 56.0 Å². The molecule has 9 rings (SSSR count). The largest absolute Gasteiger partial charge is 0.147 e. The Morgan fingerprint density at radius 1 is 0.536 bits per heavy atom. The summed E-state index contributed by atoms with van der Waals surface area (Å²) < 4.78 is 6.53. The Kier molecular flexibility index (Phi) is 11.2. The molecule has 0 aromatic heterocycles. The van der Waals surface area contributed by atoms with Gasteiger partial charge in [-0.15, -0.1) is 24.8 Å². The van der Waals surface area contributed by atoms with Gasteiger partial charge in [0.2, 0.25) is 0 Å². The normalized spacial score (nSPS) is 16.2. The zero-order valence-corrected chi connectivity index (χ0v) is 38.7. The third-order valence-electron chi connectivity index (χ3n) is 12.9. The third kappa shape index (κ3) is 6.75. The molecule has 282 valence electrons. The molecule has 0 heterocycles. The monoisotopic (exact) mass is 864 g/mol. The summed E-state index contributed by atoms with van der Waals surface area (Å²) in [4.78, 5) is 0. The number of aryl methyl sites for hydroxylation is 2. The topological polar surface area (TPSA) is 0 Å². The number of halogens is 2. The van der Waals surface area contributed by atoms with Gasteiger partial charge < -0.3 is 0 Å². The van der Waals surface area contributed by atoms with E-state index in [9.17, 15) is 0 Å². The van der Waals surface area contributed by atoms with Gasteiger partial charge in [-0.05, 0) is 0 Å². The molecule has 0 saturated carbocycles. The average Bonchev–Trinajstić information content (AvgIpc) is 3.80. The Morgan fingerprint density at radius 3 is 1.70 bits per heavy atom. The van der Waals surface area contributed by atoms with Gasteiger partial charge in [0.15, 0.2) is 0 Å². The minimum absolute atomic E-state index is 0. The van der Waals surface area contributed by atoms with E-state index in [0.717, 1.165) is 12.8 Å². The summed E-state index contributed by atoms with van der Waals surface area (Å²) in [6, 6.07) is 54.7. The summed E-state index contributed by atoms with van der Waals surface area (Å²) >= 11 is -3.96. The van der Waals surface area contributed by atoms with Gasteiger partial charge in [0, 0.05) is 0 Å². The molecule has 0 N–H and O–H groups in total. The van der Waals surface area contributed by atoms with Crippen molar-refractivity contribution in [2.24, 2.45) is 5.92 Å². The van der Waals surface area contributed by atoms with Crippen LogP contribution < -0.4 is 0 Å². The Morgan fingerprint density at radius 2 is 1.07 bits per heavy atom. The Bertz CT molecular complexity index is 2740. The summed E-state index contributed by atoms with van der Waals surface area (Å²) in [6.45, 7) is 9.76. The number of hydrogen-bond donors (Lipinski definition) is 0. The molecule has 2 atom stereocenters. The van der Waals surface area contributed by atoms with Gasteiger partial charge in [0.1, 0.15) is 0 Å². The summed E-state index contributed by atoms with van der Waals surface area (Å²) in [5, 5.41) is 5.27. The maximum atomic E-state index is 2.82. The van der Waals surface area contributed by atoms with Crippen molar-refractivity contribution in [1.82, 2.24) is 0 Å². The number of allylic oxidation sites excluding steroid dienone is 2. The minimum atomic E-state index is -3.96. The van der Waals surface area contributed by atoms with Gasteiger partial charge in [-0.25, -0.2) is 0 Å². The predicted octanol–water partition coefficient (Wildman–Crippen LogP) is 14.7. The van der Waals surface area contributed by atoms with E-state index in [0.29, 0.717) is 13.2 Å². The van der Waals surface area contributed by atoms with Gasteiger partial charge in [0.25, 0.3) is 0 Å². The van der Waals surface area contributed by atoms with E-state index in [1.165, 1.54) is 66.1 Å². The second-order valence-corrected chi connectivity index (χ2v) is 47.9. The van der Waals surface area contributed by atoms with E-state index < -0.39 is 17.4 Å². The molecule has 2 unspecified atom stereocenters. The predicted molar refractivity (Wildman–Crippen MR) is 249 cm³/mol. The van der Waals surface area contributed by atoms with Gasteiger partial charge in [0.05, 0.1) is 0 Å². The Hall–Kier alpha value is -3.78. The van der Waals surface area contributed by atoms with Crippen molar-refractivity contribution in [3.63, 3.8) is 0 Å². The molecule has 0 fully saturated rings. The van der Waals surface area contributed by atoms with Crippen molar-refractivity contribution < 1.29 is 17.4 Å². The van der Waals surface area contributed by atoms with Gasteiger partial charge in [-0.2, -0.15) is 0 Å². The number of hydrogen-bond acceptors (Lipinski definition) is 0. The van der Waals surface area contributed by atoms with Gasteiger partial charge in [-0.1, -0.05) is 0 Å². The quantitative estimate of drug-likeness (QED) is 0.134. The van der Waals surface area contributed by atoms with Crippen LogP contribution >= 0.6 is 24.8 Å². The number of fused-ring (bicyclic) bond motifs is 4. The number of benzene rings is 7. The smallest absolute Gasteiger partial charge is 0.147 e. The van der Waals surface area contributed by atoms with Crippen molar-refractivity contribution in [3.05, 3.63) is 190 Å².